The Morgan fingerprint density at radius 2 is 1.38 bits per heavy atom. The van der Waals surface area contributed by atoms with Gasteiger partial charge in [0.2, 0.25) is 15.9 Å². The van der Waals surface area contributed by atoms with Gasteiger partial charge >= 0.3 is 0 Å². The molecule has 6 heteroatoms. The van der Waals surface area contributed by atoms with Gasteiger partial charge in [0, 0.05) is 13.1 Å². The van der Waals surface area contributed by atoms with Crippen molar-refractivity contribution in [2.45, 2.75) is 24.9 Å². The van der Waals surface area contributed by atoms with E-state index in [1.807, 2.05) is 67.6 Å². The quantitative estimate of drug-likeness (QED) is 0.620. The van der Waals surface area contributed by atoms with E-state index in [4.69, 9.17) is 0 Å². The largest absolute Gasteiger partial charge is 0.351 e. The first-order valence-electron chi connectivity index (χ1n) is 9.36. The van der Waals surface area contributed by atoms with E-state index >= 15 is 0 Å². The highest BCUT2D eigenvalue weighted by molar-refractivity contribution is 7.89. The second-order valence-corrected chi connectivity index (χ2v) is 8.77. The van der Waals surface area contributed by atoms with Gasteiger partial charge < -0.3 is 5.32 Å². The lowest BCUT2D eigenvalue weighted by Crippen LogP contribution is -2.40. The number of nitrogens with one attached hydrogen (secondary N) is 1. The number of aryl methyl sites for hydroxylation is 1. The lowest BCUT2D eigenvalue weighted by molar-refractivity contribution is -0.121. The number of sulfonamides is 1. The van der Waals surface area contributed by atoms with Crippen LogP contribution in [0.25, 0.3) is 0 Å². The monoisotopic (exact) mass is 408 g/mol. The summed E-state index contributed by atoms with van der Waals surface area (Å²) in [4.78, 5) is 12.7. The van der Waals surface area contributed by atoms with Crippen molar-refractivity contribution in [3.8, 4) is 0 Å². The Hall–Kier alpha value is -2.96. The Kier molecular flexibility index (Phi) is 6.80. The highest BCUT2D eigenvalue weighted by atomic mass is 32.2. The van der Waals surface area contributed by atoms with Crippen LogP contribution in [0, 0.1) is 6.92 Å². The molecule has 3 rings (SSSR count). The number of rotatable bonds is 8. The van der Waals surface area contributed by atoms with Crippen LogP contribution in [0.5, 0.6) is 0 Å². The van der Waals surface area contributed by atoms with Gasteiger partial charge in [-0.15, -0.1) is 0 Å². The highest BCUT2D eigenvalue weighted by Crippen LogP contribution is 2.19. The van der Waals surface area contributed by atoms with Gasteiger partial charge in [-0.3, -0.25) is 4.79 Å². The number of hydrogen-bond donors (Lipinski definition) is 1. The van der Waals surface area contributed by atoms with Gasteiger partial charge in [0.05, 0.1) is 11.4 Å². The summed E-state index contributed by atoms with van der Waals surface area (Å²) in [6, 6.07) is 25.4. The maximum Gasteiger partial charge on any atom is 0.243 e. The molecule has 0 aliphatic carbocycles. The molecule has 0 radical (unpaired) electrons. The summed E-state index contributed by atoms with van der Waals surface area (Å²) in [5.74, 6) is -0.347. The Bertz CT molecular complexity index is 1030. The molecular weight excluding hydrogens is 384 g/mol. The van der Waals surface area contributed by atoms with Gasteiger partial charge in [-0.05, 0) is 30.2 Å². The van der Waals surface area contributed by atoms with Crippen molar-refractivity contribution in [2.75, 3.05) is 6.54 Å². The second kappa shape index (κ2) is 9.49. The number of hydrogen-bond acceptors (Lipinski definition) is 3. The minimum atomic E-state index is -3.82. The molecule has 29 heavy (non-hydrogen) atoms. The standard InChI is InChI=1S/C23H24N2O3S/c1-19-12-14-22(15-13-19)29(27,28)25(17-21-10-6-3-7-11-21)18-23(26)24-16-20-8-4-2-5-9-20/h2-15H,16-18H2,1H3,(H,24,26). The van der Waals surface area contributed by atoms with Crippen molar-refractivity contribution < 1.29 is 13.2 Å². The first-order valence-corrected chi connectivity index (χ1v) is 10.8. The predicted octanol–water partition coefficient (Wildman–Crippen LogP) is 3.50. The maximum atomic E-state index is 13.2. The molecule has 0 aromatic heterocycles. The zero-order chi connectivity index (χ0) is 20.7. The molecule has 3 aromatic rings. The molecule has 0 heterocycles. The summed E-state index contributed by atoms with van der Waals surface area (Å²) in [7, 11) is -3.82. The Balaban J connectivity index is 1.78. The summed E-state index contributed by atoms with van der Waals surface area (Å²) < 4.78 is 27.6. The van der Waals surface area contributed by atoms with Crippen LogP contribution >= 0.6 is 0 Å². The van der Waals surface area contributed by atoms with Gasteiger partial charge in [0.1, 0.15) is 0 Å². The maximum absolute atomic E-state index is 13.2. The molecule has 0 unspecified atom stereocenters. The van der Waals surface area contributed by atoms with Crippen LogP contribution in [0.3, 0.4) is 0 Å². The normalized spacial score (nSPS) is 11.4. The average molecular weight is 409 g/mol. The molecule has 5 nitrogen and oxygen atoms in total. The van der Waals surface area contributed by atoms with Crippen molar-refractivity contribution in [1.29, 1.82) is 0 Å². The number of carbonyl (C=O) groups is 1. The number of carbonyl (C=O) groups excluding carboxylic acids is 1. The van der Waals surface area contributed by atoms with Gasteiger partial charge in [-0.2, -0.15) is 4.31 Å². The third kappa shape index (κ3) is 5.76. The van der Waals surface area contributed by atoms with Crippen LogP contribution in [0.1, 0.15) is 16.7 Å². The van der Waals surface area contributed by atoms with Crippen molar-refractivity contribution in [2.24, 2.45) is 0 Å². The minimum absolute atomic E-state index is 0.121. The van der Waals surface area contributed by atoms with Crippen molar-refractivity contribution in [1.82, 2.24) is 9.62 Å². The van der Waals surface area contributed by atoms with E-state index in [9.17, 15) is 13.2 Å². The third-order valence-electron chi connectivity index (χ3n) is 4.51. The molecule has 3 aromatic carbocycles. The first-order chi connectivity index (χ1) is 13.9. The average Bonchev–Trinajstić information content (AvgIpc) is 2.73. The smallest absolute Gasteiger partial charge is 0.243 e. The van der Waals surface area contributed by atoms with E-state index in [-0.39, 0.29) is 23.9 Å². The molecular formula is C23H24N2O3S. The van der Waals surface area contributed by atoms with E-state index in [2.05, 4.69) is 5.32 Å². The van der Waals surface area contributed by atoms with E-state index in [0.29, 0.717) is 6.54 Å². The zero-order valence-corrected chi connectivity index (χ0v) is 17.1. The molecule has 1 amide bonds. The lowest BCUT2D eigenvalue weighted by Gasteiger charge is -2.22. The number of nitrogens with zero attached hydrogens (tertiary/aromatic N) is 1. The summed E-state index contributed by atoms with van der Waals surface area (Å²) >= 11 is 0. The van der Waals surface area contributed by atoms with Crippen LogP contribution in [0.15, 0.2) is 89.8 Å². The molecule has 0 spiro atoms. The Labute approximate surface area is 172 Å². The van der Waals surface area contributed by atoms with Crippen LogP contribution in [0.4, 0.5) is 0 Å². The third-order valence-corrected chi connectivity index (χ3v) is 6.32. The van der Waals surface area contributed by atoms with Gasteiger partial charge in [-0.25, -0.2) is 8.42 Å². The highest BCUT2D eigenvalue weighted by Gasteiger charge is 2.26. The molecule has 0 aliphatic rings. The van der Waals surface area contributed by atoms with Crippen molar-refractivity contribution in [3.63, 3.8) is 0 Å². The van der Waals surface area contributed by atoms with E-state index in [0.717, 1.165) is 16.7 Å². The van der Waals surface area contributed by atoms with Gasteiger partial charge in [0.15, 0.2) is 0 Å². The van der Waals surface area contributed by atoms with Crippen LogP contribution in [-0.2, 0) is 27.9 Å². The van der Waals surface area contributed by atoms with Crippen LogP contribution in [-0.4, -0.2) is 25.2 Å². The Morgan fingerprint density at radius 3 is 1.97 bits per heavy atom. The number of benzene rings is 3. The molecule has 0 atom stereocenters. The topological polar surface area (TPSA) is 66.5 Å². The SMILES string of the molecule is Cc1ccc(S(=O)(=O)N(CC(=O)NCc2ccccc2)Cc2ccccc2)cc1. The van der Waals surface area contributed by atoms with Crippen molar-refractivity contribution >= 4 is 15.9 Å². The fourth-order valence-electron chi connectivity index (χ4n) is 2.88. The summed E-state index contributed by atoms with van der Waals surface area (Å²) in [6.07, 6.45) is 0. The molecule has 150 valence electrons. The van der Waals surface area contributed by atoms with Gasteiger partial charge in [-0.1, -0.05) is 78.4 Å². The van der Waals surface area contributed by atoms with Gasteiger partial charge in [0.25, 0.3) is 0 Å². The summed E-state index contributed by atoms with van der Waals surface area (Å²) in [6.45, 7) is 2.12. The predicted molar refractivity (Wildman–Crippen MR) is 114 cm³/mol. The zero-order valence-electron chi connectivity index (χ0n) is 16.3. The fraction of sp³-hybridized carbons (Fsp3) is 0.174. The Morgan fingerprint density at radius 1 is 0.828 bits per heavy atom. The molecule has 1 N–H and O–H groups in total. The van der Waals surface area contributed by atoms with E-state index in [1.54, 1.807) is 24.3 Å². The van der Waals surface area contributed by atoms with Crippen LogP contribution in [0.2, 0.25) is 0 Å². The molecule has 0 saturated carbocycles. The minimum Gasteiger partial charge on any atom is -0.351 e. The molecule has 0 bridgehead atoms. The lowest BCUT2D eigenvalue weighted by atomic mass is 10.2. The first kappa shape index (κ1) is 20.8. The second-order valence-electron chi connectivity index (χ2n) is 6.83. The molecule has 0 fully saturated rings. The summed E-state index contributed by atoms with van der Waals surface area (Å²) in [5, 5.41) is 2.80. The molecule has 0 saturated heterocycles. The fourth-order valence-corrected chi connectivity index (χ4v) is 4.27. The van der Waals surface area contributed by atoms with E-state index < -0.39 is 10.0 Å². The summed E-state index contributed by atoms with van der Waals surface area (Å²) in [5.41, 5.74) is 2.75. The van der Waals surface area contributed by atoms with Crippen LogP contribution < -0.4 is 5.32 Å². The van der Waals surface area contributed by atoms with Crippen molar-refractivity contribution in [3.05, 3.63) is 102 Å². The number of amides is 1. The van der Waals surface area contributed by atoms with E-state index in [1.165, 1.54) is 4.31 Å². The molecule has 0 aliphatic heterocycles.